The van der Waals surface area contributed by atoms with Gasteiger partial charge >= 0.3 is 6.18 Å². The van der Waals surface area contributed by atoms with Gasteiger partial charge in [-0.15, -0.1) is 0 Å². The van der Waals surface area contributed by atoms with E-state index in [2.05, 4.69) is 4.98 Å². The summed E-state index contributed by atoms with van der Waals surface area (Å²) in [5, 5.41) is 9.91. The smallest absolute Gasteiger partial charge is 0.374 e. The Labute approximate surface area is 101 Å². The highest BCUT2D eigenvalue weighted by atomic mass is 19.4. The van der Waals surface area contributed by atoms with Crippen molar-refractivity contribution in [3.63, 3.8) is 0 Å². The van der Waals surface area contributed by atoms with Gasteiger partial charge < -0.3 is 9.67 Å². The highest BCUT2D eigenvalue weighted by molar-refractivity contribution is 5.84. The SMILES string of the molecule is Cn1ccnc1C(O)(CC(=O)C1CC1)C(F)(F)F. The number of halogens is 3. The minimum atomic E-state index is -4.93. The van der Waals surface area contributed by atoms with Crippen LogP contribution >= 0.6 is 0 Å². The Kier molecular flexibility index (Phi) is 2.96. The number of ketones is 1. The molecule has 0 bridgehead atoms. The van der Waals surface area contributed by atoms with Crippen LogP contribution in [-0.2, 0) is 17.4 Å². The lowest BCUT2D eigenvalue weighted by atomic mass is 9.93. The highest BCUT2D eigenvalue weighted by Gasteiger charge is 2.59. The summed E-state index contributed by atoms with van der Waals surface area (Å²) in [4.78, 5) is 15.1. The van der Waals surface area contributed by atoms with E-state index in [9.17, 15) is 23.1 Å². The van der Waals surface area contributed by atoms with Crippen molar-refractivity contribution in [1.82, 2.24) is 9.55 Å². The first-order valence-electron chi connectivity index (χ1n) is 5.55. The fraction of sp³-hybridized carbons (Fsp3) is 0.636. The second-order valence-electron chi connectivity index (χ2n) is 4.64. The second kappa shape index (κ2) is 4.08. The summed E-state index contributed by atoms with van der Waals surface area (Å²) in [6, 6.07) is 0. The monoisotopic (exact) mass is 262 g/mol. The molecule has 0 amide bonds. The van der Waals surface area contributed by atoms with Crippen LogP contribution in [0.25, 0.3) is 0 Å². The number of alkyl halides is 3. The van der Waals surface area contributed by atoms with Crippen LogP contribution in [0.4, 0.5) is 13.2 Å². The molecule has 18 heavy (non-hydrogen) atoms. The zero-order valence-corrected chi connectivity index (χ0v) is 9.74. The average Bonchev–Trinajstić information content (AvgIpc) is 3.00. The molecule has 1 heterocycles. The predicted molar refractivity (Wildman–Crippen MR) is 55.5 cm³/mol. The van der Waals surface area contributed by atoms with Gasteiger partial charge in [-0.2, -0.15) is 13.2 Å². The third kappa shape index (κ3) is 2.14. The van der Waals surface area contributed by atoms with Gasteiger partial charge in [-0.25, -0.2) is 4.98 Å². The van der Waals surface area contributed by atoms with Crippen molar-refractivity contribution in [3.8, 4) is 0 Å². The third-order valence-corrected chi connectivity index (χ3v) is 3.12. The van der Waals surface area contributed by atoms with Gasteiger partial charge in [0.15, 0.2) is 5.82 Å². The lowest BCUT2D eigenvalue weighted by molar-refractivity contribution is -0.271. The summed E-state index contributed by atoms with van der Waals surface area (Å²) >= 11 is 0. The van der Waals surface area contributed by atoms with E-state index in [0.717, 1.165) is 10.8 Å². The number of nitrogens with zero attached hydrogens (tertiary/aromatic N) is 2. The van der Waals surface area contributed by atoms with Crippen LogP contribution in [0, 0.1) is 5.92 Å². The van der Waals surface area contributed by atoms with E-state index in [4.69, 9.17) is 0 Å². The standard InChI is InChI=1S/C11H13F3N2O2/c1-16-5-4-15-9(16)10(18,11(12,13)14)6-8(17)7-2-3-7/h4-5,7,18H,2-3,6H2,1H3. The molecule has 1 N–H and O–H groups in total. The van der Waals surface area contributed by atoms with Crippen molar-refractivity contribution in [2.45, 2.75) is 31.0 Å². The number of hydrogen-bond acceptors (Lipinski definition) is 3. The maximum Gasteiger partial charge on any atom is 0.424 e. The molecular weight excluding hydrogens is 249 g/mol. The Bertz CT molecular complexity index is 465. The number of imidazole rings is 1. The van der Waals surface area contributed by atoms with Crippen molar-refractivity contribution in [1.29, 1.82) is 0 Å². The van der Waals surface area contributed by atoms with E-state index in [-0.39, 0.29) is 5.92 Å². The maximum atomic E-state index is 13.0. The molecule has 100 valence electrons. The van der Waals surface area contributed by atoms with E-state index >= 15 is 0 Å². The summed E-state index contributed by atoms with van der Waals surface area (Å²) in [6.45, 7) is 0. The first-order chi connectivity index (χ1) is 8.25. The molecule has 2 rings (SSSR count). The van der Waals surface area contributed by atoms with E-state index in [1.165, 1.54) is 13.2 Å². The molecule has 4 nitrogen and oxygen atoms in total. The van der Waals surface area contributed by atoms with Crippen LogP contribution < -0.4 is 0 Å². The second-order valence-corrected chi connectivity index (χ2v) is 4.64. The minimum absolute atomic E-state index is 0.334. The molecule has 0 radical (unpaired) electrons. The zero-order valence-electron chi connectivity index (χ0n) is 9.74. The van der Waals surface area contributed by atoms with E-state index in [0.29, 0.717) is 12.8 Å². The number of carbonyl (C=O) groups excluding carboxylic acids is 1. The van der Waals surface area contributed by atoms with Crippen LogP contribution in [0.1, 0.15) is 25.1 Å². The molecule has 0 aliphatic heterocycles. The van der Waals surface area contributed by atoms with Gasteiger partial charge in [-0.3, -0.25) is 4.79 Å². The van der Waals surface area contributed by atoms with Crippen LogP contribution in [0.2, 0.25) is 0 Å². The predicted octanol–water partition coefficient (Wildman–Crippen LogP) is 1.54. The molecule has 0 spiro atoms. The Morgan fingerprint density at radius 2 is 2.17 bits per heavy atom. The number of aryl methyl sites for hydroxylation is 1. The molecule has 7 heteroatoms. The van der Waals surface area contributed by atoms with Gasteiger partial charge in [0.05, 0.1) is 6.42 Å². The first-order valence-corrected chi connectivity index (χ1v) is 5.55. The average molecular weight is 262 g/mol. The van der Waals surface area contributed by atoms with E-state index in [1.54, 1.807) is 0 Å². The van der Waals surface area contributed by atoms with Crippen molar-refractivity contribution >= 4 is 5.78 Å². The molecular formula is C11H13F3N2O2. The Morgan fingerprint density at radius 3 is 2.56 bits per heavy atom. The summed E-state index contributed by atoms with van der Waals surface area (Å²) in [7, 11) is 1.35. The first kappa shape index (κ1) is 13.1. The third-order valence-electron chi connectivity index (χ3n) is 3.12. The summed E-state index contributed by atoms with van der Waals surface area (Å²) < 4.78 is 40.2. The van der Waals surface area contributed by atoms with E-state index in [1.807, 2.05) is 0 Å². The molecule has 1 fully saturated rings. The molecule has 1 aliphatic rings. The van der Waals surface area contributed by atoms with Gasteiger partial charge in [0, 0.05) is 25.4 Å². The van der Waals surface area contributed by atoms with Gasteiger partial charge in [0.1, 0.15) is 5.78 Å². The number of aliphatic hydroxyl groups is 1. The van der Waals surface area contributed by atoms with Crippen LogP contribution in [0.3, 0.4) is 0 Å². The molecule has 1 atom stereocenters. The Balaban J connectivity index is 2.34. The number of hydrogen-bond donors (Lipinski definition) is 1. The normalized spacial score (nSPS) is 19.6. The van der Waals surface area contributed by atoms with Gasteiger partial charge in [-0.05, 0) is 12.8 Å². The fourth-order valence-corrected chi connectivity index (χ4v) is 1.87. The number of Topliss-reactive ketones (excluding diaryl/α,β-unsaturated/α-hetero) is 1. The summed E-state index contributed by atoms with van der Waals surface area (Å²) in [5.74, 6) is -1.44. The van der Waals surface area contributed by atoms with Gasteiger partial charge in [0.2, 0.25) is 5.60 Å². The zero-order chi connectivity index (χ0) is 13.6. The molecule has 1 aromatic rings. The van der Waals surface area contributed by atoms with Crippen molar-refractivity contribution in [2.75, 3.05) is 0 Å². The Hall–Kier alpha value is -1.37. The molecule has 1 aromatic heterocycles. The molecule has 1 saturated carbocycles. The van der Waals surface area contributed by atoms with E-state index < -0.39 is 29.8 Å². The van der Waals surface area contributed by atoms with Crippen molar-refractivity contribution < 1.29 is 23.1 Å². The molecule has 0 saturated heterocycles. The topological polar surface area (TPSA) is 55.1 Å². The Morgan fingerprint density at radius 1 is 1.56 bits per heavy atom. The summed E-state index contributed by atoms with van der Waals surface area (Å²) in [6.07, 6.45) is -2.23. The number of carbonyl (C=O) groups is 1. The molecule has 0 aromatic carbocycles. The van der Waals surface area contributed by atoms with Crippen molar-refractivity contribution in [2.24, 2.45) is 13.0 Å². The number of aromatic nitrogens is 2. The van der Waals surface area contributed by atoms with Gasteiger partial charge in [-0.1, -0.05) is 0 Å². The van der Waals surface area contributed by atoms with Crippen molar-refractivity contribution in [3.05, 3.63) is 18.2 Å². The van der Waals surface area contributed by atoms with Crippen LogP contribution in [-0.4, -0.2) is 26.6 Å². The van der Waals surface area contributed by atoms with Gasteiger partial charge in [0.25, 0.3) is 0 Å². The lowest BCUT2D eigenvalue weighted by Gasteiger charge is -2.29. The minimum Gasteiger partial charge on any atom is -0.374 e. The molecule has 1 aliphatic carbocycles. The maximum absolute atomic E-state index is 13.0. The summed E-state index contributed by atoms with van der Waals surface area (Å²) in [5.41, 5.74) is -3.20. The highest BCUT2D eigenvalue weighted by Crippen LogP contribution is 2.43. The quantitative estimate of drug-likeness (QED) is 0.895. The lowest BCUT2D eigenvalue weighted by Crippen LogP contribution is -2.46. The fourth-order valence-electron chi connectivity index (χ4n) is 1.87. The molecule has 1 unspecified atom stereocenters. The van der Waals surface area contributed by atoms with Crippen LogP contribution in [0.15, 0.2) is 12.4 Å². The largest absolute Gasteiger partial charge is 0.424 e. The van der Waals surface area contributed by atoms with Crippen LogP contribution in [0.5, 0.6) is 0 Å². The number of rotatable bonds is 4.